The lowest BCUT2D eigenvalue weighted by atomic mass is 10.2. The maximum Gasteiger partial charge on any atom is 0.301 e. The Kier molecular flexibility index (Phi) is 4.61. The fourth-order valence-electron chi connectivity index (χ4n) is 2.29. The van der Waals surface area contributed by atoms with E-state index in [0.717, 1.165) is 25.7 Å². The van der Waals surface area contributed by atoms with E-state index < -0.39 is 10.2 Å². The minimum absolute atomic E-state index is 0.154. The Morgan fingerprint density at radius 1 is 1.15 bits per heavy atom. The van der Waals surface area contributed by atoms with Crippen LogP contribution in [0.3, 0.4) is 0 Å². The molecule has 1 heterocycles. The van der Waals surface area contributed by atoms with E-state index in [1.165, 1.54) is 4.31 Å². The van der Waals surface area contributed by atoms with E-state index in [1.54, 1.807) is 24.3 Å². The van der Waals surface area contributed by atoms with Crippen molar-refractivity contribution < 1.29 is 8.42 Å². The van der Waals surface area contributed by atoms with Gasteiger partial charge in [0.15, 0.2) is 0 Å². The highest BCUT2D eigenvalue weighted by atomic mass is 32.2. The normalized spacial score (nSPS) is 17.4. The minimum Gasteiger partial charge on any atom is -0.384 e. The average Bonchev–Trinajstić information content (AvgIpc) is 2.68. The predicted molar refractivity (Wildman–Crippen MR) is 80.0 cm³/mol. The summed E-state index contributed by atoms with van der Waals surface area (Å²) in [5, 5.41) is 7.49. The van der Waals surface area contributed by atoms with Gasteiger partial charge in [0.05, 0.1) is 5.69 Å². The molecule has 0 atom stereocenters. The van der Waals surface area contributed by atoms with Crippen molar-refractivity contribution in [2.24, 2.45) is 5.73 Å². The minimum atomic E-state index is -3.58. The predicted octanol–water partition coefficient (Wildman–Crippen LogP) is 1.50. The van der Waals surface area contributed by atoms with Gasteiger partial charge in [-0.1, -0.05) is 25.0 Å². The van der Waals surface area contributed by atoms with Crippen molar-refractivity contribution in [3.05, 3.63) is 29.8 Å². The van der Waals surface area contributed by atoms with E-state index in [2.05, 4.69) is 4.72 Å². The molecule has 0 amide bonds. The summed E-state index contributed by atoms with van der Waals surface area (Å²) in [6, 6.07) is 6.68. The van der Waals surface area contributed by atoms with Gasteiger partial charge in [0.25, 0.3) is 0 Å². The summed E-state index contributed by atoms with van der Waals surface area (Å²) in [6.07, 6.45) is 3.90. The molecule has 20 heavy (non-hydrogen) atoms. The molecule has 0 aromatic heterocycles. The third kappa shape index (κ3) is 3.49. The van der Waals surface area contributed by atoms with E-state index in [-0.39, 0.29) is 5.84 Å². The van der Waals surface area contributed by atoms with Crippen LogP contribution in [0.15, 0.2) is 24.3 Å². The number of nitrogens with two attached hydrogens (primary N) is 1. The van der Waals surface area contributed by atoms with Crippen LogP contribution in [0.4, 0.5) is 5.69 Å². The van der Waals surface area contributed by atoms with Crippen LogP contribution in [-0.2, 0) is 10.2 Å². The molecule has 1 aliphatic rings. The highest BCUT2D eigenvalue weighted by molar-refractivity contribution is 7.90. The second kappa shape index (κ2) is 6.23. The summed E-state index contributed by atoms with van der Waals surface area (Å²) in [5.41, 5.74) is 6.22. The van der Waals surface area contributed by atoms with Crippen LogP contribution in [0.5, 0.6) is 0 Å². The molecule has 1 aromatic rings. The third-order valence-electron chi connectivity index (χ3n) is 3.36. The van der Waals surface area contributed by atoms with Crippen LogP contribution in [0.2, 0.25) is 0 Å². The Morgan fingerprint density at radius 2 is 1.75 bits per heavy atom. The summed E-state index contributed by atoms with van der Waals surface area (Å²) in [5.74, 6) is -0.154. The van der Waals surface area contributed by atoms with Gasteiger partial charge in [0.2, 0.25) is 0 Å². The first-order valence-corrected chi connectivity index (χ1v) is 8.16. The van der Waals surface area contributed by atoms with Gasteiger partial charge in [0.1, 0.15) is 5.84 Å². The first kappa shape index (κ1) is 14.8. The van der Waals surface area contributed by atoms with Crippen molar-refractivity contribution >= 4 is 21.7 Å². The van der Waals surface area contributed by atoms with Crippen LogP contribution in [0, 0.1) is 5.41 Å². The lowest BCUT2D eigenvalue weighted by Gasteiger charge is -2.21. The molecule has 0 radical (unpaired) electrons. The van der Waals surface area contributed by atoms with E-state index >= 15 is 0 Å². The van der Waals surface area contributed by atoms with E-state index in [9.17, 15) is 8.42 Å². The number of nitrogens with one attached hydrogen (secondary N) is 2. The first-order chi connectivity index (χ1) is 9.50. The van der Waals surface area contributed by atoms with E-state index in [0.29, 0.717) is 24.3 Å². The molecule has 0 spiro atoms. The van der Waals surface area contributed by atoms with Crippen molar-refractivity contribution in [2.45, 2.75) is 25.7 Å². The first-order valence-electron chi connectivity index (χ1n) is 6.72. The van der Waals surface area contributed by atoms with Gasteiger partial charge >= 0.3 is 10.2 Å². The summed E-state index contributed by atoms with van der Waals surface area (Å²) >= 11 is 0. The largest absolute Gasteiger partial charge is 0.384 e. The summed E-state index contributed by atoms with van der Waals surface area (Å²) in [6.45, 7) is 1.08. The molecule has 110 valence electrons. The topological polar surface area (TPSA) is 99.3 Å². The quantitative estimate of drug-likeness (QED) is 0.580. The second-order valence-corrected chi connectivity index (χ2v) is 6.55. The van der Waals surface area contributed by atoms with Crippen LogP contribution in [-0.4, -0.2) is 31.6 Å². The number of nitrogen functional groups attached to an aromatic ring is 1. The number of nitrogens with zero attached hydrogens (tertiary/aromatic N) is 1. The highest BCUT2D eigenvalue weighted by Crippen LogP contribution is 2.19. The molecule has 0 saturated carbocycles. The molecule has 1 fully saturated rings. The molecule has 1 saturated heterocycles. The number of hydrogen-bond acceptors (Lipinski definition) is 3. The number of amidine groups is 1. The number of rotatable bonds is 4. The Hall–Kier alpha value is -1.60. The summed E-state index contributed by atoms with van der Waals surface area (Å²) in [7, 11) is -3.58. The van der Waals surface area contributed by atoms with Crippen LogP contribution in [0.25, 0.3) is 0 Å². The average molecular weight is 296 g/mol. The van der Waals surface area contributed by atoms with Gasteiger partial charge in [-0.2, -0.15) is 12.7 Å². The molecule has 1 aliphatic heterocycles. The van der Waals surface area contributed by atoms with Gasteiger partial charge in [0, 0.05) is 18.7 Å². The van der Waals surface area contributed by atoms with Crippen molar-refractivity contribution in [2.75, 3.05) is 17.8 Å². The summed E-state index contributed by atoms with van der Waals surface area (Å²) in [4.78, 5) is 0. The number of anilines is 1. The fourth-order valence-corrected chi connectivity index (χ4v) is 3.62. The summed E-state index contributed by atoms with van der Waals surface area (Å²) < 4.78 is 28.8. The molecule has 0 unspecified atom stereocenters. The number of para-hydroxylation sites is 1. The zero-order chi connectivity index (χ0) is 14.6. The lowest BCUT2D eigenvalue weighted by molar-refractivity contribution is 0.427. The Balaban J connectivity index is 2.21. The molecule has 2 rings (SSSR count). The molecule has 0 aliphatic carbocycles. The van der Waals surface area contributed by atoms with Crippen LogP contribution < -0.4 is 10.5 Å². The van der Waals surface area contributed by atoms with Crippen molar-refractivity contribution in [1.29, 1.82) is 5.41 Å². The molecule has 1 aromatic carbocycles. The van der Waals surface area contributed by atoms with Gasteiger partial charge < -0.3 is 5.73 Å². The van der Waals surface area contributed by atoms with Crippen molar-refractivity contribution in [1.82, 2.24) is 4.31 Å². The molecule has 0 bridgehead atoms. The van der Waals surface area contributed by atoms with Crippen LogP contribution in [0.1, 0.15) is 31.2 Å². The van der Waals surface area contributed by atoms with Crippen molar-refractivity contribution in [3.8, 4) is 0 Å². The Bertz CT molecular complexity index is 578. The van der Waals surface area contributed by atoms with Gasteiger partial charge in [-0.25, -0.2) is 0 Å². The molecule has 7 heteroatoms. The fraction of sp³-hybridized carbons (Fsp3) is 0.462. The molecule has 4 N–H and O–H groups in total. The SMILES string of the molecule is N=C(N)c1ccccc1NS(=O)(=O)N1CCCCCC1. The van der Waals surface area contributed by atoms with Crippen molar-refractivity contribution in [3.63, 3.8) is 0 Å². The smallest absolute Gasteiger partial charge is 0.301 e. The maximum atomic E-state index is 12.4. The number of benzene rings is 1. The molecular weight excluding hydrogens is 276 g/mol. The maximum absolute atomic E-state index is 12.4. The Labute approximate surface area is 119 Å². The second-order valence-electron chi connectivity index (χ2n) is 4.88. The zero-order valence-corrected chi connectivity index (χ0v) is 12.1. The van der Waals surface area contributed by atoms with Crippen LogP contribution >= 0.6 is 0 Å². The Morgan fingerprint density at radius 3 is 2.35 bits per heavy atom. The standard InChI is InChI=1S/C13H20N4O2S/c14-13(15)11-7-3-4-8-12(11)16-20(18,19)17-9-5-1-2-6-10-17/h3-4,7-8,16H,1-2,5-6,9-10H2,(H3,14,15). The lowest BCUT2D eigenvalue weighted by Crippen LogP contribution is -2.37. The highest BCUT2D eigenvalue weighted by Gasteiger charge is 2.23. The zero-order valence-electron chi connectivity index (χ0n) is 11.3. The molecular formula is C13H20N4O2S. The van der Waals surface area contributed by atoms with E-state index in [1.807, 2.05) is 0 Å². The molecule has 6 nitrogen and oxygen atoms in total. The number of hydrogen-bond donors (Lipinski definition) is 3. The van der Waals surface area contributed by atoms with Gasteiger partial charge in [-0.3, -0.25) is 10.1 Å². The third-order valence-corrected chi connectivity index (χ3v) is 4.88. The van der Waals surface area contributed by atoms with E-state index in [4.69, 9.17) is 11.1 Å². The van der Waals surface area contributed by atoms with Gasteiger partial charge in [-0.05, 0) is 25.0 Å². The monoisotopic (exact) mass is 296 g/mol. The van der Waals surface area contributed by atoms with Gasteiger partial charge in [-0.15, -0.1) is 0 Å².